The Bertz CT molecular complexity index is 1760. The number of benzene rings is 3. The zero-order valence-corrected chi connectivity index (χ0v) is 23.6. The lowest BCUT2D eigenvalue weighted by molar-refractivity contribution is -0.118. The number of ether oxygens (including phenoxy) is 2. The molecule has 2 heterocycles. The molecule has 10 heteroatoms. The van der Waals surface area contributed by atoms with Crippen molar-refractivity contribution in [3.8, 4) is 34.6 Å². The first kappa shape index (κ1) is 28.5. The molecule has 0 aliphatic heterocycles. The second-order valence-corrected chi connectivity index (χ2v) is 9.79. The van der Waals surface area contributed by atoms with Crippen molar-refractivity contribution in [3.63, 3.8) is 0 Å². The molecular formula is C32H27ClN6O3. The molecule has 0 radical (unpaired) electrons. The first-order chi connectivity index (χ1) is 20.5. The number of hydrogen-bond donors (Lipinski definition) is 2. The highest BCUT2D eigenvalue weighted by Crippen LogP contribution is 2.38. The van der Waals surface area contributed by atoms with Crippen LogP contribution in [0, 0.1) is 11.3 Å². The van der Waals surface area contributed by atoms with E-state index < -0.39 is 0 Å². The maximum atomic E-state index is 11.2. The van der Waals surface area contributed by atoms with Gasteiger partial charge in [0.25, 0.3) is 0 Å². The van der Waals surface area contributed by atoms with Gasteiger partial charge in [0.2, 0.25) is 11.8 Å². The van der Waals surface area contributed by atoms with Crippen molar-refractivity contribution in [2.24, 2.45) is 0 Å². The first-order valence-corrected chi connectivity index (χ1v) is 13.6. The van der Waals surface area contributed by atoms with Crippen LogP contribution in [0.15, 0.2) is 85.5 Å². The standard InChI is InChI=1S/C32H27ClN6O3/c1-21(40)37-11-10-35-18-25-13-28(33)30(14-29(25)41-19-23-12-22(15-34)16-36-17-23)42-32-27-9-5-8-26(31(27)38-20-39-32)24-6-3-2-4-7-24/h2-9,12-14,16-17,20,35H,10-11,18-19H2,1H3,(H,37,40). The SMILES string of the molecule is CC(=O)NCCNCc1cc(Cl)c(Oc2ncnc3c(-c4ccccc4)cccc23)cc1OCc1cncc(C#N)c1. The van der Waals surface area contributed by atoms with E-state index in [1.165, 1.54) is 19.4 Å². The van der Waals surface area contributed by atoms with Crippen molar-refractivity contribution in [2.75, 3.05) is 13.1 Å². The third-order valence-electron chi connectivity index (χ3n) is 6.34. The van der Waals surface area contributed by atoms with E-state index in [-0.39, 0.29) is 12.5 Å². The Morgan fingerprint density at radius 1 is 1.00 bits per heavy atom. The lowest BCUT2D eigenvalue weighted by atomic mass is 10.0. The Balaban J connectivity index is 1.44. The summed E-state index contributed by atoms with van der Waals surface area (Å²) in [6.07, 6.45) is 4.62. The van der Waals surface area contributed by atoms with Crippen LogP contribution in [0.5, 0.6) is 17.4 Å². The monoisotopic (exact) mass is 578 g/mol. The van der Waals surface area contributed by atoms with Crippen molar-refractivity contribution < 1.29 is 14.3 Å². The van der Waals surface area contributed by atoms with Crippen LogP contribution in [0.1, 0.15) is 23.6 Å². The highest BCUT2D eigenvalue weighted by Gasteiger charge is 2.16. The molecule has 0 aliphatic rings. The van der Waals surface area contributed by atoms with Crippen molar-refractivity contribution in [1.82, 2.24) is 25.6 Å². The summed E-state index contributed by atoms with van der Waals surface area (Å²) in [6, 6.07) is 23.2. The summed E-state index contributed by atoms with van der Waals surface area (Å²) in [5.74, 6) is 1.17. The molecular weight excluding hydrogens is 552 g/mol. The summed E-state index contributed by atoms with van der Waals surface area (Å²) in [6.45, 7) is 3.13. The summed E-state index contributed by atoms with van der Waals surface area (Å²) < 4.78 is 12.5. The number of halogens is 1. The summed E-state index contributed by atoms with van der Waals surface area (Å²) in [7, 11) is 0. The number of carbonyl (C=O) groups excluding carboxylic acids is 1. The molecule has 2 aromatic heterocycles. The minimum atomic E-state index is -0.0910. The number of nitriles is 1. The molecule has 9 nitrogen and oxygen atoms in total. The van der Waals surface area contributed by atoms with Gasteiger partial charge < -0.3 is 20.1 Å². The molecule has 0 saturated heterocycles. The molecule has 0 spiro atoms. The number of para-hydroxylation sites is 1. The Labute approximate surface area is 248 Å². The molecule has 0 aliphatic carbocycles. The van der Waals surface area contributed by atoms with Crippen LogP contribution in [0.3, 0.4) is 0 Å². The van der Waals surface area contributed by atoms with Gasteiger partial charge in [-0.15, -0.1) is 0 Å². The van der Waals surface area contributed by atoms with Crippen molar-refractivity contribution in [1.29, 1.82) is 5.26 Å². The van der Waals surface area contributed by atoms with E-state index in [1.807, 2.05) is 48.5 Å². The first-order valence-electron chi connectivity index (χ1n) is 13.2. The van der Waals surface area contributed by atoms with Crippen LogP contribution in [-0.4, -0.2) is 33.9 Å². The number of nitrogens with zero attached hydrogens (tertiary/aromatic N) is 4. The Morgan fingerprint density at radius 3 is 2.67 bits per heavy atom. The number of pyridine rings is 1. The molecule has 0 unspecified atom stereocenters. The van der Waals surface area contributed by atoms with Gasteiger partial charge in [-0.2, -0.15) is 5.26 Å². The van der Waals surface area contributed by atoms with Gasteiger partial charge in [0, 0.05) is 61.7 Å². The van der Waals surface area contributed by atoms with Gasteiger partial charge in [0.15, 0.2) is 5.75 Å². The quantitative estimate of drug-likeness (QED) is 0.188. The fourth-order valence-electron chi connectivity index (χ4n) is 4.37. The highest BCUT2D eigenvalue weighted by molar-refractivity contribution is 6.32. The van der Waals surface area contributed by atoms with Gasteiger partial charge in [0.05, 0.1) is 21.5 Å². The molecule has 210 valence electrons. The molecule has 0 atom stereocenters. The van der Waals surface area contributed by atoms with E-state index in [0.29, 0.717) is 47.6 Å². The average Bonchev–Trinajstić information content (AvgIpc) is 3.01. The number of aromatic nitrogens is 3. The molecule has 0 bridgehead atoms. The number of carbonyl (C=O) groups is 1. The van der Waals surface area contributed by atoms with Crippen LogP contribution in [0.4, 0.5) is 0 Å². The average molecular weight is 579 g/mol. The Hall–Kier alpha value is -5.04. The summed E-state index contributed by atoms with van der Waals surface area (Å²) in [5.41, 5.74) is 4.73. The maximum absolute atomic E-state index is 11.2. The zero-order chi connectivity index (χ0) is 29.3. The summed E-state index contributed by atoms with van der Waals surface area (Å²) >= 11 is 6.71. The predicted octanol–water partition coefficient (Wildman–Crippen LogP) is 5.81. The molecule has 42 heavy (non-hydrogen) atoms. The predicted molar refractivity (Wildman–Crippen MR) is 160 cm³/mol. The number of fused-ring (bicyclic) bond motifs is 1. The Morgan fingerprint density at radius 2 is 1.86 bits per heavy atom. The van der Waals surface area contributed by atoms with Gasteiger partial charge in [-0.1, -0.05) is 54.1 Å². The lowest BCUT2D eigenvalue weighted by Gasteiger charge is -2.16. The summed E-state index contributed by atoms with van der Waals surface area (Å²) in [5, 5.41) is 16.4. The third-order valence-corrected chi connectivity index (χ3v) is 6.64. The molecule has 5 rings (SSSR count). The fourth-order valence-corrected chi connectivity index (χ4v) is 4.59. The van der Waals surface area contributed by atoms with Gasteiger partial charge in [0.1, 0.15) is 24.8 Å². The fraction of sp³-hybridized carbons (Fsp3) is 0.156. The zero-order valence-electron chi connectivity index (χ0n) is 22.8. The van der Waals surface area contributed by atoms with Gasteiger partial charge >= 0.3 is 0 Å². The third kappa shape index (κ3) is 6.99. The number of amides is 1. The van der Waals surface area contributed by atoms with E-state index in [2.05, 4.69) is 31.7 Å². The van der Waals surface area contributed by atoms with Crippen LogP contribution in [-0.2, 0) is 17.9 Å². The largest absolute Gasteiger partial charge is 0.488 e. The van der Waals surface area contributed by atoms with Crippen molar-refractivity contribution >= 4 is 28.4 Å². The molecule has 3 aromatic carbocycles. The molecule has 2 N–H and O–H groups in total. The number of nitrogens with one attached hydrogen (secondary N) is 2. The van der Waals surface area contributed by atoms with Crippen LogP contribution in [0.2, 0.25) is 5.02 Å². The highest BCUT2D eigenvalue weighted by atomic mass is 35.5. The maximum Gasteiger partial charge on any atom is 0.230 e. The molecule has 0 saturated carbocycles. The minimum Gasteiger partial charge on any atom is -0.488 e. The number of rotatable bonds is 11. The van der Waals surface area contributed by atoms with Crippen LogP contribution < -0.4 is 20.1 Å². The normalized spacial score (nSPS) is 10.7. The Kier molecular flexibility index (Phi) is 9.19. The van der Waals surface area contributed by atoms with E-state index in [0.717, 1.165) is 33.2 Å². The van der Waals surface area contributed by atoms with Gasteiger partial charge in [-0.05, 0) is 23.8 Å². The van der Waals surface area contributed by atoms with Crippen molar-refractivity contribution in [2.45, 2.75) is 20.1 Å². The molecule has 1 amide bonds. The van der Waals surface area contributed by atoms with E-state index in [4.69, 9.17) is 21.1 Å². The van der Waals surface area contributed by atoms with E-state index in [9.17, 15) is 10.1 Å². The van der Waals surface area contributed by atoms with Gasteiger partial charge in [-0.3, -0.25) is 9.78 Å². The van der Waals surface area contributed by atoms with Crippen molar-refractivity contribution in [3.05, 3.63) is 107 Å². The lowest BCUT2D eigenvalue weighted by Crippen LogP contribution is -2.30. The smallest absolute Gasteiger partial charge is 0.230 e. The van der Waals surface area contributed by atoms with E-state index in [1.54, 1.807) is 24.4 Å². The second kappa shape index (κ2) is 13.5. The second-order valence-electron chi connectivity index (χ2n) is 9.38. The van der Waals surface area contributed by atoms with E-state index >= 15 is 0 Å². The van der Waals surface area contributed by atoms with Crippen LogP contribution in [0.25, 0.3) is 22.0 Å². The minimum absolute atomic E-state index is 0.0910. The van der Waals surface area contributed by atoms with Crippen LogP contribution >= 0.6 is 11.6 Å². The van der Waals surface area contributed by atoms with Gasteiger partial charge in [-0.25, -0.2) is 9.97 Å². The molecule has 0 fully saturated rings. The topological polar surface area (TPSA) is 122 Å². The molecule has 5 aromatic rings. The summed E-state index contributed by atoms with van der Waals surface area (Å²) in [4.78, 5) is 24.2. The number of hydrogen-bond acceptors (Lipinski definition) is 8.